The molecule has 3 aromatic heterocycles. The van der Waals surface area contributed by atoms with E-state index >= 15 is 0 Å². The summed E-state index contributed by atoms with van der Waals surface area (Å²) in [6, 6.07) is 8.08. The lowest BCUT2D eigenvalue weighted by Gasteiger charge is -2.35. The van der Waals surface area contributed by atoms with Crippen LogP contribution in [0.1, 0.15) is 17.1 Å². The highest BCUT2D eigenvalue weighted by Gasteiger charge is 2.20. The van der Waals surface area contributed by atoms with Gasteiger partial charge < -0.3 is 9.80 Å². The molecule has 1 fully saturated rings. The van der Waals surface area contributed by atoms with Gasteiger partial charge in [-0.3, -0.25) is 0 Å². The van der Waals surface area contributed by atoms with E-state index < -0.39 is 0 Å². The quantitative estimate of drug-likeness (QED) is 0.711. The number of nitrogens with zero attached hydrogens (tertiary/aromatic N) is 8. The third kappa shape index (κ3) is 3.22. The zero-order valence-electron chi connectivity index (χ0n) is 15.3. The second kappa shape index (κ2) is 6.70. The van der Waals surface area contributed by atoms with Crippen molar-refractivity contribution in [3.05, 3.63) is 47.7 Å². The van der Waals surface area contributed by atoms with E-state index in [0.29, 0.717) is 0 Å². The van der Waals surface area contributed by atoms with Crippen molar-refractivity contribution in [1.82, 2.24) is 29.9 Å². The Bertz CT molecular complexity index is 894. The van der Waals surface area contributed by atoms with E-state index in [1.807, 2.05) is 49.7 Å². The van der Waals surface area contributed by atoms with Gasteiger partial charge >= 0.3 is 0 Å². The summed E-state index contributed by atoms with van der Waals surface area (Å²) in [6.07, 6.45) is 1.61. The second-order valence-corrected chi connectivity index (χ2v) is 6.58. The van der Waals surface area contributed by atoms with Gasteiger partial charge in [0.05, 0.1) is 11.4 Å². The fraction of sp³-hybridized carbons (Fsp3) is 0.389. The molecule has 26 heavy (non-hydrogen) atoms. The Balaban J connectivity index is 1.48. The van der Waals surface area contributed by atoms with Crippen LogP contribution in [0.15, 0.2) is 30.6 Å². The molecule has 4 heterocycles. The summed E-state index contributed by atoms with van der Waals surface area (Å²) in [5, 5.41) is 12.9. The van der Waals surface area contributed by atoms with Crippen LogP contribution in [0.5, 0.6) is 0 Å². The van der Waals surface area contributed by atoms with Gasteiger partial charge in [-0.2, -0.15) is 10.2 Å². The van der Waals surface area contributed by atoms with Crippen molar-refractivity contribution in [2.45, 2.75) is 20.8 Å². The Morgan fingerprint density at radius 1 is 0.731 bits per heavy atom. The number of anilines is 2. The molecule has 0 unspecified atom stereocenters. The molecular formula is C18H22N8. The summed E-state index contributed by atoms with van der Waals surface area (Å²) in [6.45, 7) is 9.49. The minimum Gasteiger partial charge on any atom is -0.353 e. The van der Waals surface area contributed by atoms with Crippen LogP contribution in [0.4, 0.5) is 11.6 Å². The number of hydrogen-bond donors (Lipinski definition) is 0. The van der Waals surface area contributed by atoms with Crippen LogP contribution < -0.4 is 9.80 Å². The zero-order chi connectivity index (χ0) is 18.1. The van der Waals surface area contributed by atoms with Crippen LogP contribution >= 0.6 is 0 Å². The third-order valence-corrected chi connectivity index (χ3v) is 4.58. The standard InChI is InChI=1S/C18H22N8/c1-13-4-5-16(22-21-13)24-6-8-25(9-7-24)17-11-18(20-12-19-17)26-15(3)10-14(2)23-26/h4-5,10-12H,6-9H2,1-3H3. The maximum atomic E-state index is 4.51. The highest BCUT2D eigenvalue weighted by Crippen LogP contribution is 2.19. The summed E-state index contributed by atoms with van der Waals surface area (Å²) in [7, 11) is 0. The van der Waals surface area contributed by atoms with Gasteiger partial charge in [-0.15, -0.1) is 5.10 Å². The second-order valence-electron chi connectivity index (χ2n) is 6.58. The van der Waals surface area contributed by atoms with Gasteiger partial charge in [-0.25, -0.2) is 14.6 Å². The average Bonchev–Trinajstić information content (AvgIpc) is 3.01. The molecule has 0 aliphatic carbocycles. The Hall–Kier alpha value is -3.03. The fourth-order valence-electron chi connectivity index (χ4n) is 3.21. The molecule has 0 amide bonds. The maximum Gasteiger partial charge on any atom is 0.159 e. The first-order valence-corrected chi connectivity index (χ1v) is 8.76. The fourth-order valence-corrected chi connectivity index (χ4v) is 3.21. The molecule has 0 bridgehead atoms. The molecule has 8 heteroatoms. The molecule has 4 rings (SSSR count). The van der Waals surface area contributed by atoms with Crippen LogP contribution in [-0.2, 0) is 0 Å². The SMILES string of the molecule is Cc1ccc(N2CCN(c3cc(-n4nc(C)cc4C)ncn3)CC2)nn1. The molecule has 0 saturated carbocycles. The summed E-state index contributed by atoms with van der Waals surface area (Å²) in [5.41, 5.74) is 2.98. The van der Waals surface area contributed by atoms with Gasteiger partial charge in [-0.05, 0) is 39.0 Å². The average molecular weight is 350 g/mol. The van der Waals surface area contributed by atoms with Gasteiger partial charge in [0.2, 0.25) is 0 Å². The molecule has 0 aromatic carbocycles. The van der Waals surface area contributed by atoms with Crippen LogP contribution in [0.2, 0.25) is 0 Å². The number of aryl methyl sites for hydroxylation is 3. The Morgan fingerprint density at radius 2 is 1.42 bits per heavy atom. The number of hydrogen-bond acceptors (Lipinski definition) is 7. The largest absolute Gasteiger partial charge is 0.353 e. The summed E-state index contributed by atoms with van der Waals surface area (Å²) < 4.78 is 1.86. The van der Waals surface area contributed by atoms with Crippen LogP contribution in [0.3, 0.4) is 0 Å². The first kappa shape index (κ1) is 16.4. The van der Waals surface area contributed by atoms with Gasteiger partial charge in [-0.1, -0.05) is 0 Å². The Morgan fingerprint density at radius 3 is 2.04 bits per heavy atom. The molecule has 8 nitrogen and oxygen atoms in total. The van der Waals surface area contributed by atoms with Crippen molar-refractivity contribution in [3.63, 3.8) is 0 Å². The van der Waals surface area contributed by atoms with E-state index in [-0.39, 0.29) is 0 Å². The molecule has 1 saturated heterocycles. The van der Waals surface area contributed by atoms with Crippen molar-refractivity contribution in [2.24, 2.45) is 0 Å². The number of rotatable bonds is 3. The van der Waals surface area contributed by atoms with Gasteiger partial charge in [0.25, 0.3) is 0 Å². The zero-order valence-corrected chi connectivity index (χ0v) is 15.3. The topological polar surface area (TPSA) is 75.9 Å². The minimum atomic E-state index is 0.799. The maximum absolute atomic E-state index is 4.51. The highest BCUT2D eigenvalue weighted by molar-refractivity contribution is 5.47. The molecule has 1 aliphatic rings. The molecule has 0 N–H and O–H groups in total. The number of piperazine rings is 1. The van der Waals surface area contributed by atoms with E-state index in [4.69, 9.17) is 0 Å². The predicted octanol–water partition coefficient (Wildman–Crippen LogP) is 1.70. The predicted molar refractivity (Wildman–Crippen MR) is 99.8 cm³/mol. The molecule has 0 radical (unpaired) electrons. The van der Waals surface area contributed by atoms with E-state index in [2.05, 4.69) is 35.1 Å². The smallest absolute Gasteiger partial charge is 0.159 e. The van der Waals surface area contributed by atoms with Crippen molar-refractivity contribution in [3.8, 4) is 5.82 Å². The highest BCUT2D eigenvalue weighted by atomic mass is 15.3. The molecule has 134 valence electrons. The van der Waals surface area contributed by atoms with Crippen molar-refractivity contribution in [1.29, 1.82) is 0 Å². The van der Waals surface area contributed by atoms with E-state index in [0.717, 1.165) is 60.7 Å². The molecule has 1 aliphatic heterocycles. The summed E-state index contributed by atoms with van der Waals surface area (Å²) >= 11 is 0. The lowest BCUT2D eigenvalue weighted by Crippen LogP contribution is -2.47. The molecular weight excluding hydrogens is 328 g/mol. The van der Waals surface area contributed by atoms with Gasteiger partial charge in [0.15, 0.2) is 11.6 Å². The first-order chi connectivity index (χ1) is 12.6. The van der Waals surface area contributed by atoms with Gasteiger partial charge in [0.1, 0.15) is 12.1 Å². The third-order valence-electron chi connectivity index (χ3n) is 4.58. The normalized spacial score (nSPS) is 14.7. The number of aromatic nitrogens is 6. The molecule has 0 atom stereocenters. The summed E-state index contributed by atoms with van der Waals surface area (Å²) in [5.74, 6) is 2.66. The lowest BCUT2D eigenvalue weighted by molar-refractivity contribution is 0.636. The minimum absolute atomic E-state index is 0.799. The monoisotopic (exact) mass is 350 g/mol. The van der Waals surface area contributed by atoms with Crippen molar-refractivity contribution in [2.75, 3.05) is 36.0 Å². The van der Waals surface area contributed by atoms with Crippen molar-refractivity contribution >= 4 is 11.6 Å². The van der Waals surface area contributed by atoms with Crippen molar-refractivity contribution < 1.29 is 0 Å². The Labute approximate surface area is 152 Å². The lowest BCUT2D eigenvalue weighted by atomic mass is 10.3. The van der Waals surface area contributed by atoms with Crippen LogP contribution in [0.25, 0.3) is 5.82 Å². The van der Waals surface area contributed by atoms with E-state index in [1.54, 1.807) is 6.33 Å². The first-order valence-electron chi connectivity index (χ1n) is 8.76. The van der Waals surface area contributed by atoms with E-state index in [1.165, 1.54) is 0 Å². The molecule has 0 spiro atoms. The van der Waals surface area contributed by atoms with Gasteiger partial charge in [0, 0.05) is 37.9 Å². The Kier molecular flexibility index (Phi) is 4.24. The van der Waals surface area contributed by atoms with E-state index in [9.17, 15) is 0 Å². The summed E-state index contributed by atoms with van der Waals surface area (Å²) in [4.78, 5) is 13.4. The van der Waals surface area contributed by atoms with Crippen LogP contribution in [0, 0.1) is 20.8 Å². The molecule has 3 aromatic rings. The van der Waals surface area contributed by atoms with Crippen LogP contribution in [-0.4, -0.2) is 56.1 Å².